The maximum atomic E-state index is 3.55. The molecule has 0 spiro atoms. The fourth-order valence-electron chi connectivity index (χ4n) is 2.02. The Morgan fingerprint density at radius 3 is 2.50 bits per heavy atom. The van der Waals surface area contributed by atoms with Crippen LogP contribution in [0.4, 0.5) is 0 Å². The average Bonchev–Trinajstić information content (AvgIpc) is 2.80. The van der Waals surface area contributed by atoms with Gasteiger partial charge in [0.15, 0.2) is 0 Å². The number of rotatable bonds is 8. The molecule has 0 aromatic carbocycles. The molecule has 104 valence electrons. The molecule has 2 unspecified atom stereocenters. The Bertz CT molecular complexity index is 308. The van der Waals surface area contributed by atoms with Crippen molar-refractivity contribution in [1.29, 1.82) is 0 Å². The molecule has 0 aliphatic rings. The summed E-state index contributed by atoms with van der Waals surface area (Å²) in [7, 11) is 2.22. The van der Waals surface area contributed by atoms with E-state index in [0.717, 1.165) is 25.6 Å². The average molecular weight is 268 g/mol. The van der Waals surface area contributed by atoms with Crippen molar-refractivity contribution in [3.63, 3.8) is 0 Å². The maximum absolute atomic E-state index is 3.55. The second-order valence-electron chi connectivity index (χ2n) is 5.82. The van der Waals surface area contributed by atoms with Gasteiger partial charge in [-0.3, -0.25) is 4.90 Å². The van der Waals surface area contributed by atoms with E-state index in [1.165, 1.54) is 5.56 Å². The van der Waals surface area contributed by atoms with E-state index in [-0.39, 0.29) is 0 Å². The Morgan fingerprint density at radius 2 is 1.94 bits per heavy atom. The Labute approximate surface area is 116 Å². The van der Waals surface area contributed by atoms with Crippen molar-refractivity contribution in [2.45, 2.75) is 40.3 Å². The first-order valence-corrected chi connectivity index (χ1v) is 7.87. The zero-order valence-electron chi connectivity index (χ0n) is 12.4. The number of hydrogen-bond donors (Lipinski definition) is 1. The molecule has 2 atom stereocenters. The highest BCUT2D eigenvalue weighted by atomic mass is 32.1. The molecule has 0 fully saturated rings. The molecule has 1 N–H and O–H groups in total. The Hall–Kier alpha value is -0.380. The van der Waals surface area contributed by atoms with Gasteiger partial charge in [-0.15, -0.1) is 0 Å². The van der Waals surface area contributed by atoms with Crippen LogP contribution in [0.25, 0.3) is 0 Å². The van der Waals surface area contributed by atoms with Crippen molar-refractivity contribution in [1.82, 2.24) is 10.2 Å². The summed E-state index contributed by atoms with van der Waals surface area (Å²) in [5, 5.41) is 7.95. The van der Waals surface area contributed by atoms with Crippen LogP contribution in [0.1, 0.15) is 33.3 Å². The molecule has 2 nitrogen and oxygen atoms in total. The van der Waals surface area contributed by atoms with Gasteiger partial charge in [0.05, 0.1) is 0 Å². The van der Waals surface area contributed by atoms with Crippen LogP contribution in [-0.4, -0.2) is 31.1 Å². The quantitative estimate of drug-likeness (QED) is 0.777. The molecule has 0 saturated heterocycles. The van der Waals surface area contributed by atoms with Gasteiger partial charge in [0.25, 0.3) is 0 Å². The largest absolute Gasteiger partial charge is 0.316 e. The van der Waals surface area contributed by atoms with Crippen molar-refractivity contribution in [3.8, 4) is 0 Å². The minimum absolute atomic E-state index is 0.601. The lowest BCUT2D eigenvalue weighted by molar-refractivity contribution is 0.188. The molecule has 0 amide bonds. The van der Waals surface area contributed by atoms with E-state index in [1.54, 1.807) is 11.3 Å². The highest BCUT2D eigenvalue weighted by Crippen LogP contribution is 2.14. The number of hydrogen-bond acceptors (Lipinski definition) is 3. The maximum Gasteiger partial charge on any atom is 0.0241 e. The third kappa shape index (κ3) is 5.51. The van der Waals surface area contributed by atoms with E-state index in [4.69, 9.17) is 0 Å². The summed E-state index contributed by atoms with van der Waals surface area (Å²) in [6.45, 7) is 12.4. The van der Waals surface area contributed by atoms with Gasteiger partial charge in [0.1, 0.15) is 0 Å². The van der Waals surface area contributed by atoms with Crippen molar-refractivity contribution in [2.75, 3.05) is 20.1 Å². The summed E-state index contributed by atoms with van der Waals surface area (Å²) < 4.78 is 0. The van der Waals surface area contributed by atoms with Crippen molar-refractivity contribution < 1.29 is 0 Å². The van der Waals surface area contributed by atoms with Crippen LogP contribution in [-0.2, 0) is 6.54 Å². The van der Waals surface area contributed by atoms with Crippen LogP contribution in [0.5, 0.6) is 0 Å². The van der Waals surface area contributed by atoms with Crippen LogP contribution < -0.4 is 5.32 Å². The zero-order valence-corrected chi connectivity index (χ0v) is 13.3. The molecular weight excluding hydrogens is 240 g/mol. The van der Waals surface area contributed by atoms with Gasteiger partial charge >= 0.3 is 0 Å². The molecule has 0 aliphatic heterocycles. The summed E-state index contributed by atoms with van der Waals surface area (Å²) in [4.78, 5) is 2.45. The topological polar surface area (TPSA) is 15.3 Å². The second-order valence-corrected chi connectivity index (χ2v) is 6.60. The lowest BCUT2D eigenvalue weighted by atomic mass is 10.0. The first kappa shape index (κ1) is 15.7. The molecule has 0 bridgehead atoms. The molecule has 1 rings (SSSR count). The van der Waals surface area contributed by atoms with E-state index in [2.05, 4.69) is 61.8 Å². The number of nitrogens with zero attached hydrogens (tertiary/aromatic N) is 1. The van der Waals surface area contributed by atoms with Crippen LogP contribution in [0.2, 0.25) is 0 Å². The van der Waals surface area contributed by atoms with E-state index in [1.807, 2.05) is 0 Å². The minimum atomic E-state index is 0.601. The second kappa shape index (κ2) is 7.93. The van der Waals surface area contributed by atoms with Gasteiger partial charge in [-0.25, -0.2) is 0 Å². The smallest absolute Gasteiger partial charge is 0.0241 e. The summed E-state index contributed by atoms with van der Waals surface area (Å²) >= 11 is 1.78. The molecule has 1 aromatic rings. The highest BCUT2D eigenvalue weighted by molar-refractivity contribution is 7.07. The molecule has 3 heteroatoms. The van der Waals surface area contributed by atoms with Gasteiger partial charge in [0.2, 0.25) is 0 Å². The monoisotopic (exact) mass is 268 g/mol. The normalized spacial score (nSPS) is 15.3. The molecular formula is C15H28N2S. The summed E-state index contributed by atoms with van der Waals surface area (Å²) in [6, 6.07) is 2.82. The van der Waals surface area contributed by atoms with Crippen molar-refractivity contribution >= 4 is 11.3 Å². The lowest BCUT2D eigenvalue weighted by Crippen LogP contribution is -2.39. The van der Waals surface area contributed by atoms with Gasteiger partial charge in [-0.1, -0.05) is 20.8 Å². The van der Waals surface area contributed by atoms with Crippen molar-refractivity contribution in [3.05, 3.63) is 22.4 Å². The van der Waals surface area contributed by atoms with E-state index in [9.17, 15) is 0 Å². The minimum Gasteiger partial charge on any atom is -0.316 e. The third-order valence-corrected chi connectivity index (χ3v) is 4.28. The van der Waals surface area contributed by atoms with Crippen LogP contribution >= 0.6 is 11.3 Å². The fourth-order valence-corrected chi connectivity index (χ4v) is 2.68. The van der Waals surface area contributed by atoms with Gasteiger partial charge in [-0.05, 0) is 61.3 Å². The van der Waals surface area contributed by atoms with Gasteiger partial charge < -0.3 is 5.32 Å². The molecule has 0 aliphatic carbocycles. The first-order valence-electron chi connectivity index (χ1n) is 6.92. The molecule has 1 aromatic heterocycles. The Morgan fingerprint density at radius 1 is 1.22 bits per heavy atom. The third-order valence-electron chi connectivity index (χ3n) is 3.55. The fraction of sp³-hybridized carbons (Fsp3) is 0.733. The summed E-state index contributed by atoms with van der Waals surface area (Å²) in [5.41, 5.74) is 1.43. The molecule has 0 saturated carbocycles. The molecule has 18 heavy (non-hydrogen) atoms. The number of thiophene rings is 1. The zero-order chi connectivity index (χ0) is 13.5. The van der Waals surface area contributed by atoms with E-state index >= 15 is 0 Å². The Balaban J connectivity index is 2.30. The van der Waals surface area contributed by atoms with Crippen LogP contribution in [0, 0.1) is 11.8 Å². The predicted molar refractivity (Wildman–Crippen MR) is 82.1 cm³/mol. The Kier molecular flexibility index (Phi) is 6.90. The standard InChI is InChI=1S/C15H28N2S/c1-12(2)8-16-9-13(3)14(4)17(5)10-15-6-7-18-11-15/h6-7,11-14,16H,8-10H2,1-5H3. The molecule has 0 radical (unpaired) electrons. The van der Waals surface area contributed by atoms with Gasteiger partial charge in [-0.2, -0.15) is 11.3 Å². The van der Waals surface area contributed by atoms with Gasteiger partial charge in [0, 0.05) is 12.6 Å². The summed E-state index contributed by atoms with van der Waals surface area (Å²) in [6.07, 6.45) is 0. The number of nitrogens with one attached hydrogen (secondary N) is 1. The van der Waals surface area contributed by atoms with Crippen LogP contribution in [0.15, 0.2) is 16.8 Å². The highest BCUT2D eigenvalue weighted by Gasteiger charge is 2.17. The summed E-state index contributed by atoms with van der Waals surface area (Å²) in [5.74, 6) is 1.41. The van der Waals surface area contributed by atoms with E-state index < -0.39 is 0 Å². The predicted octanol–water partition coefficient (Wildman–Crippen LogP) is 3.45. The van der Waals surface area contributed by atoms with Crippen molar-refractivity contribution in [2.24, 2.45) is 11.8 Å². The van der Waals surface area contributed by atoms with Crippen LogP contribution in [0.3, 0.4) is 0 Å². The first-order chi connectivity index (χ1) is 8.50. The molecule has 1 heterocycles. The SMILES string of the molecule is CC(C)CNCC(C)C(C)N(C)Cc1ccsc1. The lowest BCUT2D eigenvalue weighted by Gasteiger charge is -2.30. The van der Waals surface area contributed by atoms with E-state index in [0.29, 0.717) is 12.0 Å².